The highest BCUT2D eigenvalue weighted by atomic mass is 19.1. The number of amides is 1. The number of rotatable bonds is 2. The van der Waals surface area contributed by atoms with Gasteiger partial charge in [0, 0.05) is 19.3 Å². The molecule has 0 aliphatic rings. The van der Waals surface area contributed by atoms with E-state index in [9.17, 15) is 9.18 Å². The van der Waals surface area contributed by atoms with Gasteiger partial charge in [-0.3, -0.25) is 9.63 Å². The quantitative estimate of drug-likeness (QED) is 0.670. The molecule has 4 nitrogen and oxygen atoms in total. The third kappa shape index (κ3) is 1.62. The molecule has 0 atom stereocenters. The highest BCUT2D eigenvalue weighted by Crippen LogP contribution is 2.03. The summed E-state index contributed by atoms with van der Waals surface area (Å²) in [5.41, 5.74) is 0.164. The van der Waals surface area contributed by atoms with Crippen molar-refractivity contribution < 1.29 is 14.0 Å². The SMILES string of the molecule is CON(C)C(=O)c1cc(F)c[nH]1. The van der Waals surface area contributed by atoms with Crippen LogP contribution in [-0.4, -0.2) is 30.1 Å². The number of carbonyl (C=O) groups is 1. The van der Waals surface area contributed by atoms with E-state index in [1.807, 2.05) is 0 Å². The molecule has 0 bridgehead atoms. The zero-order valence-corrected chi connectivity index (χ0v) is 6.80. The van der Waals surface area contributed by atoms with Crippen LogP contribution in [0.4, 0.5) is 4.39 Å². The predicted octanol–water partition coefficient (Wildman–Crippen LogP) is 0.787. The lowest BCUT2D eigenvalue weighted by Crippen LogP contribution is -2.25. The topological polar surface area (TPSA) is 45.3 Å². The van der Waals surface area contributed by atoms with Crippen molar-refractivity contribution in [1.29, 1.82) is 0 Å². The molecule has 5 heteroatoms. The third-order valence-corrected chi connectivity index (χ3v) is 1.44. The maximum absolute atomic E-state index is 12.4. The standard InChI is InChI=1S/C7H9FN2O2/c1-10(12-2)7(11)6-3-5(8)4-9-6/h3-4,9H,1-2H3. The van der Waals surface area contributed by atoms with Gasteiger partial charge < -0.3 is 4.98 Å². The Labute approximate surface area is 68.9 Å². The van der Waals surface area contributed by atoms with E-state index in [4.69, 9.17) is 0 Å². The summed E-state index contributed by atoms with van der Waals surface area (Å²) in [5, 5.41) is 1.01. The van der Waals surface area contributed by atoms with Gasteiger partial charge in [-0.2, -0.15) is 0 Å². The molecule has 0 aromatic carbocycles. The normalized spacial score (nSPS) is 9.92. The maximum atomic E-state index is 12.4. The van der Waals surface area contributed by atoms with E-state index < -0.39 is 11.7 Å². The Morgan fingerprint density at radius 1 is 1.75 bits per heavy atom. The first-order chi connectivity index (χ1) is 5.65. The number of nitrogens with zero attached hydrogens (tertiary/aromatic N) is 1. The second-order valence-corrected chi connectivity index (χ2v) is 2.22. The summed E-state index contributed by atoms with van der Waals surface area (Å²) in [6, 6.07) is 1.11. The van der Waals surface area contributed by atoms with E-state index in [2.05, 4.69) is 9.82 Å². The molecule has 1 aromatic heterocycles. The zero-order chi connectivity index (χ0) is 9.14. The molecule has 1 aromatic rings. The summed E-state index contributed by atoms with van der Waals surface area (Å²) in [5.74, 6) is -0.885. The number of aromatic amines is 1. The Balaban J connectivity index is 2.78. The lowest BCUT2D eigenvalue weighted by atomic mass is 10.4. The molecule has 66 valence electrons. The molecular weight excluding hydrogens is 163 g/mol. The van der Waals surface area contributed by atoms with Crippen molar-refractivity contribution in [3.05, 3.63) is 23.8 Å². The maximum Gasteiger partial charge on any atom is 0.293 e. The third-order valence-electron chi connectivity index (χ3n) is 1.44. The van der Waals surface area contributed by atoms with Crippen LogP contribution < -0.4 is 0 Å². The average molecular weight is 172 g/mol. The summed E-state index contributed by atoms with van der Waals surface area (Å²) in [6.07, 6.45) is 1.11. The van der Waals surface area contributed by atoms with Crippen molar-refractivity contribution in [2.24, 2.45) is 0 Å². The monoisotopic (exact) mass is 172 g/mol. The van der Waals surface area contributed by atoms with Gasteiger partial charge in [-0.25, -0.2) is 9.45 Å². The number of hydroxylamine groups is 2. The van der Waals surface area contributed by atoms with Crippen LogP contribution in [0.3, 0.4) is 0 Å². The molecule has 0 fully saturated rings. The second-order valence-electron chi connectivity index (χ2n) is 2.22. The van der Waals surface area contributed by atoms with Crippen molar-refractivity contribution in [2.75, 3.05) is 14.2 Å². The molecule has 0 aliphatic heterocycles. The fourth-order valence-electron chi connectivity index (χ4n) is 0.744. The van der Waals surface area contributed by atoms with Crippen molar-refractivity contribution in [3.63, 3.8) is 0 Å². The summed E-state index contributed by atoms with van der Waals surface area (Å²) in [4.78, 5) is 18.3. The Morgan fingerprint density at radius 2 is 2.42 bits per heavy atom. The van der Waals surface area contributed by atoms with Gasteiger partial charge >= 0.3 is 0 Å². The highest BCUT2D eigenvalue weighted by molar-refractivity contribution is 5.91. The Morgan fingerprint density at radius 3 is 2.83 bits per heavy atom. The molecule has 0 unspecified atom stereocenters. The van der Waals surface area contributed by atoms with E-state index in [0.717, 1.165) is 17.3 Å². The summed E-state index contributed by atoms with van der Waals surface area (Å²) in [7, 11) is 2.80. The number of hydrogen-bond acceptors (Lipinski definition) is 2. The molecule has 1 heterocycles. The average Bonchev–Trinajstić information content (AvgIpc) is 2.49. The van der Waals surface area contributed by atoms with Gasteiger partial charge in [0.2, 0.25) is 0 Å². The van der Waals surface area contributed by atoms with E-state index in [0.29, 0.717) is 0 Å². The van der Waals surface area contributed by atoms with E-state index in [1.165, 1.54) is 14.2 Å². The van der Waals surface area contributed by atoms with Crippen molar-refractivity contribution in [3.8, 4) is 0 Å². The fraction of sp³-hybridized carbons (Fsp3) is 0.286. The summed E-state index contributed by atoms with van der Waals surface area (Å²) in [6.45, 7) is 0. The minimum Gasteiger partial charge on any atom is -0.354 e. The molecule has 12 heavy (non-hydrogen) atoms. The first kappa shape index (κ1) is 8.73. The molecule has 0 radical (unpaired) electrons. The van der Waals surface area contributed by atoms with Crippen LogP contribution in [0, 0.1) is 5.82 Å². The molecule has 0 aliphatic carbocycles. The zero-order valence-electron chi connectivity index (χ0n) is 6.80. The van der Waals surface area contributed by atoms with Crippen LogP contribution in [0.15, 0.2) is 12.3 Å². The fourth-order valence-corrected chi connectivity index (χ4v) is 0.744. The van der Waals surface area contributed by atoms with E-state index >= 15 is 0 Å². The largest absolute Gasteiger partial charge is 0.354 e. The van der Waals surface area contributed by atoms with Crippen LogP contribution in [0.1, 0.15) is 10.5 Å². The molecule has 0 saturated heterocycles. The Bertz CT molecular complexity index is 285. The minimum atomic E-state index is -0.470. The summed E-state index contributed by atoms with van der Waals surface area (Å²) >= 11 is 0. The number of halogens is 1. The lowest BCUT2D eigenvalue weighted by molar-refractivity contribution is -0.0760. The lowest BCUT2D eigenvalue weighted by Gasteiger charge is -2.11. The first-order valence-electron chi connectivity index (χ1n) is 3.31. The minimum absolute atomic E-state index is 0.164. The summed E-state index contributed by atoms with van der Waals surface area (Å²) < 4.78 is 12.4. The predicted molar refractivity (Wildman–Crippen MR) is 39.9 cm³/mol. The van der Waals surface area contributed by atoms with Gasteiger partial charge in [0.25, 0.3) is 5.91 Å². The molecule has 1 rings (SSSR count). The highest BCUT2D eigenvalue weighted by Gasteiger charge is 2.12. The number of carbonyl (C=O) groups excluding carboxylic acids is 1. The molecule has 0 saturated carbocycles. The number of H-pyrrole nitrogens is 1. The van der Waals surface area contributed by atoms with Crippen LogP contribution >= 0.6 is 0 Å². The Kier molecular flexibility index (Phi) is 2.44. The smallest absolute Gasteiger partial charge is 0.293 e. The van der Waals surface area contributed by atoms with Gasteiger partial charge in [-0.1, -0.05) is 0 Å². The first-order valence-corrected chi connectivity index (χ1v) is 3.31. The van der Waals surface area contributed by atoms with Crippen molar-refractivity contribution in [1.82, 2.24) is 10.0 Å². The van der Waals surface area contributed by atoms with Crippen molar-refractivity contribution >= 4 is 5.91 Å². The molecular formula is C7H9FN2O2. The molecule has 1 N–H and O–H groups in total. The van der Waals surface area contributed by atoms with Crippen LogP contribution in [0.25, 0.3) is 0 Å². The van der Waals surface area contributed by atoms with Gasteiger partial charge in [0.05, 0.1) is 7.11 Å². The van der Waals surface area contributed by atoms with Crippen LogP contribution in [0.5, 0.6) is 0 Å². The van der Waals surface area contributed by atoms with Crippen LogP contribution in [0.2, 0.25) is 0 Å². The number of nitrogens with one attached hydrogen (secondary N) is 1. The van der Waals surface area contributed by atoms with Crippen molar-refractivity contribution in [2.45, 2.75) is 0 Å². The van der Waals surface area contributed by atoms with Gasteiger partial charge in [-0.15, -0.1) is 0 Å². The molecule has 0 spiro atoms. The van der Waals surface area contributed by atoms with E-state index in [-0.39, 0.29) is 5.69 Å². The molecule has 1 amide bonds. The van der Waals surface area contributed by atoms with Gasteiger partial charge in [0.15, 0.2) is 0 Å². The van der Waals surface area contributed by atoms with E-state index in [1.54, 1.807) is 0 Å². The van der Waals surface area contributed by atoms with Gasteiger partial charge in [-0.05, 0) is 0 Å². The Hall–Kier alpha value is -1.36. The van der Waals surface area contributed by atoms with Gasteiger partial charge in [0.1, 0.15) is 11.5 Å². The number of aromatic nitrogens is 1. The number of hydrogen-bond donors (Lipinski definition) is 1. The second kappa shape index (κ2) is 3.36. The van der Waals surface area contributed by atoms with Crippen LogP contribution in [-0.2, 0) is 4.84 Å².